The number of amides is 2. The summed E-state index contributed by atoms with van der Waals surface area (Å²) in [5.41, 5.74) is 1.74. The Hall–Kier alpha value is -2.87. The minimum absolute atomic E-state index is 0.0410. The van der Waals surface area contributed by atoms with E-state index in [0.29, 0.717) is 12.2 Å². The van der Waals surface area contributed by atoms with Crippen LogP contribution >= 0.6 is 0 Å². The normalized spacial score (nSPS) is 14.7. The summed E-state index contributed by atoms with van der Waals surface area (Å²) in [6, 6.07) is 13.6. The lowest BCUT2D eigenvalue weighted by Crippen LogP contribution is -2.33. The molecule has 1 atom stereocenters. The Morgan fingerprint density at radius 2 is 1.73 bits per heavy atom. The molecule has 3 rings (SSSR count). The number of likely N-dealkylation sites (tertiary alicyclic amines) is 1. The van der Waals surface area contributed by atoms with Crippen LogP contribution < -0.4 is 10.1 Å². The van der Waals surface area contributed by atoms with Gasteiger partial charge in [-0.15, -0.1) is 0 Å². The molecule has 1 unspecified atom stereocenters. The number of nitrogens with one attached hydrogen (secondary N) is 1. The van der Waals surface area contributed by atoms with Gasteiger partial charge in [0.1, 0.15) is 5.75 Å². The first-order valence-corrected chi connectivity index (χ1v) is 13.0. The molecule has 0 aliphatic carbocycles. The molecule has 2 amide bonds. The van der Waals surface area contributed by atoms with Crippen molar-refractivity contribution in [3.8, 4) is 5.75 Å². The second-order valence-electron chi connectivity index (χ2n) is 8.32. The molecule has 2 aromatic rings. The number of carbonyl (C=O) groups is 2. The van der Waals surface area contributed by atoms with E-state index in [1.54, 1.807) is 35.2 Å². The van der Waals surface area contributed by atoms with Crippen LogP contribution in [0.5, 0.6) is 5.75 Å². The van der Waals surface area contributed by atoms with Crippen molar-refractivity contribution in [2.45, 2.75) is 50.5 Å². The van der Waals surface area contributed by atoms with Gasteiger partial charge in [0, 0.05) is 25.1 Å². The summed E-state index contributed by atoms with van der Waals surface area (Å²) in [6.45, 7) is 5.31. The maximum Gasteiger partial charge on any atom is 0.260 e. The van der Waals surface area contributed by atoms with Gasteiger partial charge < -0.3 is 15.0 Å². The molecule has 0 bridgehead atoms. The summed E-state index contributed by atoms with van der Waals surface area (Å²) in [5.74, 6) is -0.105. The van der Waals surface area contributed by atoms with Crippen LogP contribution in [0.2, 0.25) is 0 Å². The monoisotopic (exact) mass is 472 g/mol. The van der Waals surface area contributed by atoms with Crippen LogP contribution in [0.25, 0.3) is 0 Å². The third-order valence-corrected chi connectivity index (χ3v) is 7.56. The maximum atomic E-state index is 12.6. The van der Waals surface area contributed by atoms with Gasteiger partial charge in [-0.25, -0.2) is 8.42 Å². The zero-order valence-electron chi connectivity index (χ0n) is 19.2. The molecular weight excluding hydrogens is 440 g/mol. The molecule has 1 N–H and O–H groups in total. The number of hydrogen-bond acceptors (Lipinski definition) is 5. The van der Waals surface area contributed by atoms with Crippen molar-refractivity contribution in [1.29, 1.82) is 0 Å². The number of rotatable bonds is 10. The molecule has 0 aromatic heterocycles. The summed E-state index contributed by atoms with van der Waals surface area (Å²) in [4.78, 5) is 26.9. The first-order chi connectivity index (χ1) is 15.8. The van der Waals surface area contributed by atoms with E-state index in [0.717, 1.165) is 37.1 Å². The summed E-state index contributed by atoms with van der Waals surface area (Å²) >= 11 is 0. The minimum atomic E-state index is -3.54. The molecule has 0 saturated carbocycles. The van der Waals surface area contributed by atoms with Crippen molar-refractivity contribution in [2.24, 2.45) is 0 Å². The van der Waals surface area contributed by atoms with E-state index in [1.807, 2.05) is 32.0 Å². The summed E-state index contributed by atoms with van der Waals surface area (Å²) in [6.07, 6.45) is 2.50. The van der Waals surface area contributed by atoms with Crippen molar-refractivity contribution >= 4 is 21.7 Å². The fourth-order valence-corrected chi connectivity index (χ4v) is 5.09. The predicted octanol–water partition coefficient (Wildman–Crippen LogP) is 3.43. The van der Waals surface area contributed by atoms with Crippen molar-refractivity contribution in [3.05, 3.63) is 59.7 Å². The number of benzene rings is 2. The second-order valence-corrected chi connectivity index (χ2v) is 10.4. The lowest BCUT2D eigenvalue weighted by molar-refractivity contribution is -0.132. The van der Waals surface area contributed by atoms with Gasteiger partial charge in [-0.2, -0.15) is 0 Å². The van der Waals surface area contributed by atoms with Crippen LogP contribution in [0.3, 0.4) is 0 Å². The molecule has 1 heterocycles. The van der Waals surface area contributed by atoms with E-state index in [2.05, 4.69) is 5.32 Å². The average Bonchev–Trinajstić information content (AvgIpc) is 3.35. The van der Waals surface area contributed by atoms with Gasteiger partial charge in [-0.05, 0) is 44.4 Å². The SMILES string of the molecule is CCC(NC(=O)CCS(=O)(=O)c1ccc(C)cc1)c1ccccc1OCC(=O)N1CCCC1. The largest absolute Gasteiger partial charge is 0.483 e. The highest BCUT2D eigenvalue weighted by Gasteiger charge is 2.22. The highest BCUT2D eigenvalue weighted by atomic mass is 32.2. The third kappa shape index (κ3) is 6.81. The summed E-state index contributed by atoms with van der Waals surface area (Å²) < 4.78 is 30.9. The molecule has 7 nitrogen and oxygen atoms in total. The van der Waals surface area contributed by atoms with Crippen molar-refractivity contribution in [2.75, 3.05) is 25.4 Å². The van der Waals surface area contributed by atoms with Crippen molar-refractivity contribution in [3.63, 3.8) is 0 Å². The van der Waals surface area contributed by atoms with Gasteiger partial charge in [0.2, 0.25) is 5.91 Å². The van der Waals surface area contributed by atoms with E-state index in [1.165, 1.54) is 0 Å². The standard InChI is InChI=1S/C25H32N2O5S/c1-3-22(26-24(28)14-17-33(30,31)20-12-10-19(2)11-13-20)21-8-4-5-9-23(21)32-18-25(29)27-15-6-7-16-27/h4-5,8-13,22H,3,6-7,14-18H2,1-2H3,(H,26,28). The number of para-hydroxylation sites is 1. The first-order valence-electron chi connectivity index (χ1n) is 11.4. The second kappa shape index (κ2) is 11.3. The number of sulfone groups is 1. The Kier molecular flexibility index (Phi) is 8.49. The Morgan fingerprint density at radius 1 is 1.06 bits per heavy atom. The molecule has 1 saturated heterocycles. The van der Waals surface area contributed by atoms with E-state index in [4.69, 9.17) is 4.74 Å². The Labute approximate surface area is 196 Å². The van der Waals surface area contributed by atoms with Gasteiger partial charge in [-0.3, -0.25) is 9.59 Å². The van der Waals surface area contributed by atoms with Crippen molar-refractivity contribution < 1.29 is 22.7 Å². The van der Waals surface area contributed by atoms with Gasteiger partial charge >= 0.3 is 0 Å². The summed E-state index contributed by atoms with van der Waals surface area (Å²) in [7, 11) is -3.54. The van der Waals surface area contributed by atoms with E-state index < -0.39 is 9.84 Å². The molecule has 178 valence electrons. The van der Waals surface area contributed by atoms with Gasteiger partial charge in [-0.1, -0.05) is 42.8 Å². The van der Waals surface area contributed by atoms with E-state index in [9.17, 15) is 18.0 Å². The smallest absolute Gasteiger partial charge is 0.260 e. The third-order valence-electron chi connectivity index (χ3n) is 5.83. The minimum Gasteiger partial charge on any atom is -0.483 e. The van der Waals surface area contributed by atoms with E-state index in [-0.39, 0.29) is 41.5 Å². The average molecular weight is 473 g/mol. The molecule has 0 radical (unpaired) electrons. The van der Waals surface area contributed by atoms with Crippen LogP contribution in [0, 0.1) is 6.92 Å². The number of hydrogen-bond donors (Lipinski definition) is 1. The van der Waals surface area contributed by atoms with Gasteiger partial charge in [0.15, 0.2) is 16.4 Å². The van der Waals surface area contributed by atoms with Crippen LogP contribution in [0.1, 0.15) is 49.8 Å². The zero-order valence-corrected chi connectivity index (χ0v) is 20.1. The van der Waals surface area contributed by atoms with Crippen LogP contribution in [-0.2, 0) is 19.4 Å². The number of carbonyl (C=O) groups excluding carboxylic acids is 2. The topological polar surface area (TPSA) is 92.8 Å². The molecule has 1 aliphatic rings. The molecule has 1 aliphatic heterocycles. The fraction of sp³-hybridized carbons (Fsp3) is 0.440. The summed E-state index contributed by atoms with van der Waals surface area (Å²) in [5, 5.41) is 2.92. The quantitative estimate of drug-likeness (QED) is 0.572. The van der Waals surface area contributed by atoms with E-state index >= 15 is 0 Å². The molecule has 33 heavy (non-hydrogen) atoms. The fourth-order valence-electron chi connectivity index (χ4n) is 3.85. The van der Waals surface area contributed by atoms with Gasteiger partial charge in [0.05, 0.1) is 16.7 Å². The molecule has 8 heteroatoms. The Bertz CT molecular complexity index is 1060. The molecular formula is C25H32N2O5S. The first kappa shape index (κ1) is 24.8. The highest BCUT2D eigenvalue weighted by Crippen LogP contribution is 2.27. The number of aryl methyl sites for hydroxylation is 1. The van der Waals surface area contributed by atoms with Crippen molar-refractivity contribution in [1.82, 2.24) is 10.2 Å². The molecule has 1 fully saturated rings. The predicted molar refractivity (Wildman–Crippen MR) is 127 cm³/mol. The van der Waals surface area contributed by atoms with Crippen LogP contribution in [0.15, 0.2) is 53.4 Å². The molecule has 2 aromatic carbocycles. The van der Waals surface area contributed by atoms with Crippen LogP contribution in [0.4, 0.5) is 0 Å². The Balaban J connectivity index is 1.60. The van der Waals surface area contributed by atoms with Gasteiger partial charge in [0.25, 0.3) is 5.91 Å². The van der Waals surface area contributed by atoms with Crippen LogP contribution in [-0.4, -0.2) is 50.6 Å². The highest BCUT2D eigenvalue weighted by molar-refractivity contribution is 7.91. The number of nitrogens with zero attached hydrogens (tertiary/aromatic N) is 1. The lowest BCUT2D eigenvalue weighted by atomic mass is 10.0. The maximum absolute atomic E-state index is 12.6. The zero-order chi connectivity index (χ0) is 23.8. The molecule has 0 spiro atoms. The number of ether oxygens (including phenoxy) is 1. The lowest BCUT2D eigenvalue weighted by Gasteiger charge is -2.22. The Morgan fingerprint density at radius 3 is 2.39 bits per heavy atom.